The number of hydrogen-bond acceptors (Lipinski definition) is 3. The number of nitrogens with zero attached hydrogens (tertiary/aromatic N) is 2. The van der Waals surface area contributed by atoms with Crippen molar-refractivity contribution >= 4 is 34.8 Å². The lowest BCUT2D eigenvalue weighted by Gasteiger charge is -2.35. The quantitative estimate of drug-likeness (QED) is 0.824. The van der Waals surface area contributed by atoms with Crippen molar-refractivity contribution in [2.45, 2.75) is 13.8 Å². The highest BCUT2D eigenvalue weighted by Crippen LogP contribution is 2.20. The van der Waals surface area contributed by atoms with Crippen molar-refractivity contribution in [1.82, 2.24) is 4.90 Å². The Balaban J connectivity index is 1.58. The van der Waals surface area contributed by atoms with Gasteiger partial charge in [-0.15, -0.1) is 0 Å². The zero-order valence-electron chi connectivity index (χ0n) is 15.0. The Labute approximate surface area is 158 Å². The van der Waals surface area contributed by atoms with Crippen molar-refractivity contribution in [3.63, 3.8) is 0 Å². The van der Waals surface area contributed by atoms with E-state index in [9.17, 15) is 9.59 Å². The highest BCUT2D eigenvalue weighted by Gasteiger charge is 2.26. The van der Waals surface area contributed by atoms with Crippen molar-refractivity contribution in [2.75, 3.05) is 36.4 Å². The van der Waals surface area contributed by atoms with Gasteiger partial charge in [0.05, 0.1) is 0 Å². The van der Waals surface area contributed by atoms with Gasteiger partial charge in [-0.2, -0.15) is 0 Å². The number of nitrogens with one attached hydrogen (secondary N) is 1. The molecule has 0 spiro atoms. The van der Waals surface area contributed by atoms with Gasteiger partial charge in [-0.3, -0.25) is 9.59 Å². The van der Waals surface area contributed by atoms with Gasteiger partial charge in [-0.25, -0.2) is 0 Å². The molecule has 3 rings (SSSR count). The zero-order valence-corrected chi connectivity index (χ0v) is 15.7. The van der Waals surface area contributed by atoms with Gasteiger partial charge in [0.2, 0.25) is 0 Å². The Kier molecular flexibility index (Phi) is 5.47. The maximum absolute atomic E-state index is 12.4. The maximum Gasteiger partial charge on any atom is 0.313 e. The number of aryl methyl sites for hydroxylation is 2. The molecule has 136 valence electrons. The van der Waals surface area contributed by atoms with Crippen molar-refractivity contribution in [2.24, 2.45) is 0 Å². The van der Waals surface area contributed by atoms with E-state index in [0.717, 1.165) is 11.3 Å². The van der Waals surface area contributed by atoms with E-state index in [2.05, 4.69) is 35.3 Å². The molecule has 0 unspecified atom stereocenters. The molecule has 2 aromatic carbocycles. The Morgan fingerprint density at radius 3 is 2.38 bits per heavy atom. The molecule has 0 aliphatic carbocycles. The van der Waals surface area contributed by atoms with E-state index >= 15 is 0 Å². The molecular formula is C20H22ClN3O2. The predicted octanol–water partition coefficient (Wildman–Crippen LogP) is 3.24. The molecule has 0 radical (unpaired) electrons. The standard InChI is InChI=1S/C20H22ClN3O2/c1-14-4-3-5-17(12-14)23-8-10-24(11-9-23)20(26)19(25)22-18-7-6-16(21)13-15(18)2/h3-7,12-13H,8-11H2,1-2H3,(H,22,25). The minimum atomic E-state index is -0.612. The normalized spacial score (nSPS) is 14.3. The second-order valence-electron chi connectivity index (χ2n) is 6.53. The Hall–Kier alpha value is -2.53. The van der Waals surface area contributed by atoms with Gasteiger partial charge in [-0.05, 0) is 55.3 Å². The van der Waals surface area contributed by atoms with Crippen LogP contribution < -0.4 is 10.2 Å². The second kappa shape index (κ2) is 7.79. The SMILES string of the molecule is Cc1cccc(N2CCN(C(=O)C(=O)Nc3ccc(Cl)cc3C)CC2)c1. The fourth-order valence-corrected chi connectivity index (χ4v) is 3.31. The molecule has 2 amide bonds. The van der Waals surface area contributed by atoms with Crippen LogP contribution in [0.25, 0.3) is 0 Å². The highest BCUT2D eigenvalue weighted by molar-refractivity contribution is 6.39. The van der Waals surface area contributed by atoms with Crippen LogP contribution in [0, 0.1) is 13.8 Å². The van der Waals surface area contributed by atoms with E-state index in [4.69, 9.17) is 11.6 Å². The first-order valence-corrected chi connectivity index (χ1v) is 9.00. The summed E-state index contributed by atoms with van der Waals surface area (Å²) < 4.78 is 0. The molecule has 6 heteroatoms. The lowest BCUT2D eigenvalue weighted by Crippen LogP contribution is -2.51. The molecule has 26 heavy (non-hydrogen) atoms. The number of benzene rings is 2. The van der Waals surface area contributed by atoms with Crippen LogP contribution in [0.2, 0.25) is 5.02 Å². The molecule has 1 aliphatic rings. The fraction of sp³-hybridized carbons (Fsp3) is 0.300. The van der Waals surface area contributed by atoms with Crippen LogP contribution in [0.15, 0.2) is 42.5 Å². The van der Waals surface area contributed by atoms with Crippen LogP contribution in [-0.4, -0.2) is 42.9 Å². The minimum absolute atomic E-state index is 0.497. The third kappa shape index (κ3) is 4.17. The van der Waals surface area contributed by atoms with Crippen molar-refractivity contribution < 1.29 is 9.59 Å². The maximum atomic E-state index is 12.4. The van der Waals surface area contributed by atoms with Crippen LogP contribution >= 0.6 is 11.6 Å². The van der Waals surface area contributed by atoms with Crippen LogP contribution in [0.4, 0.5) is 11.4 Å². The first-order chi connectivity index (χ1) is 12.4. The molecule has 0 atom stereocenters. The molecule has 0 saturated carbocycles. The number of halogens is 1. The van der Waals surface area contributed by atoms with Crippen LogP contribution in [-0.2, 0) is 9.59 Å². The summed E-state index contributed by atoms with van der Waals surface area (Å²) in [7, 11) is 0. The number of rotatable bonds is 2. The van der Waals surface area contributed by atoms with Gasteiger partial charge >= 0.3 is 11.8 Å². The fourth-order valence-electron chi connectivity index (χ4n) is 3.08. The largest absolute Gasteiger partial charge is 0.368 e. The number of carbonyl (C=O) groups is 2. The van der Waals surface area contributed by atoms with Gasteiger partial charge < -0.3 is 15.1 Å². The Morgan fingerprint density at radius 1 is 1.00 bits per heavy atom. The van der Waals surface area contributed by atoms with Gasteiger partial charge in [0.1, 0.15) is 0 Å². The molecule has 1 heterocycles. The van der Waals surface area contributed by atoms with Crippen LogP contribution in [0.1, 0.15) is 11.1 Å². The smallest absolute Gasteiger partial charge is 0.313 e. The molecule has 1 saturated heterocycles. The number of carbonyl (C=O) groups excluding carboxylic acids is 2. The molecule has 0 bridgehead atoms. The van der Waals surface area contributed by atoms with E-state index in [1.807, 2.05) is 13.0 Å². The summed E-state index contributed by atoms with van der Waals surface area (Å²) in [6.07, 6.45) is 0. The Bertz CT molecular complexity index is 830. The monoisotopic (exact) mass is 371 g/mol. The summed E-state index contributed by atoms with van der Waals surface area (Å²) in [5, 5.41) is 3.28. The number of anilines is 2. The van der Waals surface area contributed by atoms with Gasteiger partial charge in [0.15, 0.2) is 0 Å². The summed E-state index contributed by atoms with van der Waals surface area (Å²) in [6, 6.07) is 13.4. The first-order valence-electron chi connectivity index (χ1n) is 8.62. The van der Waals surface area contributed by atoms with Crippen LogP contribution in [0.5, 0.6) is 0 Å². The van der Waals surface area contributed by atoms with Crippen molar-refractivity contribution in [3.05, 3.63) is 58.6 Å². The average Bonchev–Trinajstić information content (AvgIpc) is 2.63. The highest BCUT2D eigenvalue weighted by atomic mass is 35.5. The van der Waals surface area contributed by atoms with E-state index in [-0.39, 0.29) is 0 Å². The lowest BCUT2D eigenvalue weighted by molar-refractivity contribution is -0.143. The molecule has 1 aliphatic heterocycles. The first kappa shape index (κ1) is 18.3. The zero-order chi connectivity index (χ0) is 18.7. The van der Waals surface area contributed by atoms with Gasteiger partial charge in [0.25, 0.3) is 0 Å². The topological polar surface area (TPSA) is 52.7 Å². The summed E-state index contributed by atoms with van der Waals surface area (Å²) in [4.78, 5) is 28.6. The molecular weight excluding hydrogens is 350 g/mol. The predicted molar refractivity (Wildman–Crippen MR) is 105 cm³/mol. The van der Waals surface area contributed by atoms with E-state index in [1.54, 1.807) is 23.1 Å². The number of piperazine rings is 1. The van der Waals surface area contributed by atoms with E-state index < -0.39 is 11.8 Å². The summed E-state index contributed by atoms with van der Waals surface area (Å²) in [5.41, 5.74) is 3.78. The van der Waals surface area contributed by atoms with E-state index in [1.165, 1.54) is 5.56 Å². The van der Waals surface area contributed by atoms with Crippen molar-refractivity contribution in [3.8, 4) is 0 Å². The average molecular weight is 372 g/mol. The second-order valence-corrected chi connectivity index (χ2v) is 6.97. The van der Waals surface area contributed by atoms with Gasteiger partial charge in [-0.1, -0.05) is 23.7 Å². The molecule has 1 fully saturated rings. The molecule has 1 N–H and O–H groups in total. The van der Waals surface area contributed by atoms with Crippen LogP contribution in [0.3, 0.4) is 0 Å². The third-order valence-corrected chi connectivity index (χ3v) is 4.80. The Morgan fingerprint density at radius 2 is 1.73 bits per heavy atom. The molecule has 2 aromatic rings. The minimum Gasteiger partial charge on any atom is -0.368 e. The molecule has 5 nitrogen and oxygen atoms in total. The van der Waals surface area contributed by atoms with E-state index in [0.29, 0.717) is 36.9 Å². The number of hydrogen-bond donors (Lipinski definition) is 1. The van der Waals surface area contributed by atoms with Gasteiger partial charge in [0, 0.05) is 42.6 Å². The van der Waals surface area contributed by atoms with Crippen molar-refractivity contribution in [1.29, 1.82) is 0 Å². The molecule has 0 aromatic heterocycles. The third-order valence-electron chi connectivity index (χ3n) is 4.56. The number of amides is 2. The summed E-state index contributed by atoms with van der Waals surface area (Å²) >= 11 is 5.92. The summed E-state index contributed by atoms with van der Waals surface area (Å²) in [6.45, 7) is 6.38. The lowest BCUT2D eigenvalue weighted by atomic mass is 10.2. The summed E-state index contributed by atoms with van der Waals surface area (Å²) in [5.74, 6) is -1.11.